The van der Waals surface area contributed by atoms with Gasteiger partial charge in [-0.1, -0.05) is 18.2 Å². The van der Waals surface area contributed by atoms with Crippen LogP contribution in [0.2, 0.25) is 0 Å². The Balaban J connectivity index is 2.51. The van der Waals surface area contributed by atoms with Crippen LogP contribution in [0.3, 0.4) is 0 Å². The molecule has 0 spiro atoms. The predicted molar refractivity (Wildman–Crippen MR) is 60.1 cm³/mol. The number of aromatic amines is 1. The van der Waals surface area contributed by atoms with Crippen LogP contribution in [0.4, 0.5) is 0 Å². The number of hydrogen-bond donors (Lipinski definition) is 1. The van der Waals surface area contributed by atoms with Crippen molar-refractivity contribution in [3.05, 3.63) is 58.9 Å². The van der Waals surface area contributed by atoms with Gasteiger partial charge >= 0.3 is 0 Å². The summed E-state index contributed by atoms with van der Waals surface area (Å²) in [4.78, 5) is 15.0. The minimum Gasteiger partial charge on any atom is -0.367 e. The largest absolute Gasteiger partial charge is 0.367 e. The Bertz CT molecular complexity index is 463. The van der Waals surface area contributed by atoms with Crippen molar-refractivity contribution in [1.29, 1.82) is 0 Å². The van der Waals surface area contributed by atoms with E-state index < -0.39 is 0 Å². The molecule has 76 valence electrons. The van der Waals surface area contributed by atoms with Crippen LogP contribution in [0.25, 0.3) is 0 Å². The molecule has 0 aliphatic heterocycles. The highest BCUT2D eigenvalue weighted by Crippen LogP contribution is 2.17. The van der Waals surface area contributed by atoms with Crippen molar-refractivity contribution in [3.8, 4) is 0 Å². The second-order valence-electron chi connectivity index (χ2n) is 3.70. The molecule has 0 saturated carbocycles. The Morgan fingerprint density at radius 3 is 2.33 bits per heavy atom. The molecule has 15 heavy (non-hydrogen) atoms. The standard InChI is InChI=1S/C13H13NO/c1-9-4-3-5-10(2)12(9)13(15)11-6-7-14-8-11/h3-8,14H,1-2H3. The molecule has 0 atom stereocenters. The number of H-pyrrole nitrogens is 1. The Morgan fingerprint density at radius 2 is 1.80 bits per heavy atom. The van der Waals surface area contributed by atoms with Gasteiger partial charge in [-0.05, 0) is 31.0 Å². The van der Waals surface area contributed by atoms with Crippen LogP contribution >= 0.6 is 0 Å². The summed E-state index contributed by atoms with van der Waals surface area (Å²) in [6.45, 7) is 3.93. The fraction of sp³-hybridized carbons (Fsp3) is 0.154. The molecule has 2 aromatic rings. The first kappa shape index (κ1) is 9.71. The summed E-state index contributed by atoms with van der Waals surface area (Å²) < 4.78 is 0. The number of carbonyl (C=O) groups is 1. The van der Waals surface area contributed by atoms with Gasteiger partial charge in [0.1, 0.15) is 0 Å². The van der Waals surface area contributed by atoms with Crippen molar-refractivity contribution in [3.63, 3.8) is 0 Å². The van der Waals surface area contributed by atoms with Crippen molar-refractivity contribution < 1.29 is 4.79 Å². The first-order valence-electron chi connectivity index (χ1n) is 4.94. The van der Waals surface area contributed by atoms with E-state index in [1.807, 2.05) is 32.0 Å². The molecule has 2 rings (SSSR count). The second kappa shape index (κ2) is 3.73. The van der Waals surface area contributed by atoms with Gasteiger partial charge < -0.3 is 4.98 Å². The van der Waals surface area contributed by atoms with Gasteiger partial charge in [-0.15, -0.1) is 0 Å². The van der Waals surface area contributed by atoms with Crippen LogP contribution in [0.1, 0.15) is 27.0 Å². The molecule has 1 heterocycles. The molecule has 2 heteroatoms. The van der Waals surface area contributed by atoms with Crippen molar-refractivity contribution >= 4 is 5.78 Å². The maximum absolute atomic E-state index is 12.1. The molecule has 0 amide bonds. The summed E-state index contributed by atoms with van der Waals surface area (Å²) in [5, 5.41) is 0. The zero-order valence-corrected chi connectivity index (χ0v) is 8.87. The van der Waals surface area contributed by atoms with Crippen LogP contribution in [0.5, 0.6) is 0 Å². The van der Waals surface area contributed by atoms with Gasteiger partial charge in [0.2, 0.25) is 0 Å². The van der Waals surface area contributed by atoms with E-state index in [2.05, 4.69) is 4.98 Å². The lowest BCUT2D eigenvalue weighted by molar-refractivity contribution is 0.103. The molecule has 0 fully saturated rings. The summed E-state index contributed by atoms with van der Waals surface area (Å²) in [5.74, 6) is 0.0897. The van der Waals surface area contributed by atoms with Crippen molar-refractivity contribution in [1.82, 2.24) is 4.98 Å². The highest BCUT2D eigenvalue weighted by atomic mass is 16.1. The second-order valence-corrected chi connectivity index (χ2v) is 3.70. The molecule has 0 radical (unpaired) electrons. The normalized spacial score (nSPS) is 10.3. The predicted octanol–water partition coefficient (Wildman–Crippen LogP) is 2.86. The zero-order chi connectivity index (χ0) is 10.8. The lowest BCUT2D eigenvalue weighted by atomic mass is 9.96. The molecule has 0 aliphatic rings. The van der Waals surface area contributed by atoms with Crippen molar-refractivity contribution in [2.75, 3.05) is 0 Å². The van der Waals surface area contributed by atoms with Crippen LogP contribution < -0.4 is 0 Å². The number of aromatic nitrogens is 1. The average Bonchev–Trinajstić information content (AvgIpc) is 2.69. The van der Waals surface area contributed by atoms with Crippen molar-refractivity contribution in [2.24, 2.45) is 0 Å². The topological polar surface area (TPSA) is 32.9 Å². The van der Waals surface area contributed by atoms with Gasteiger partial charge in [-0.3, -0.25) is 4.79 Å². The quantitative estimate of drug-likeness (QED) is 0.741. The smallest absolute Gasteiger partial charge is 0.195 e. The number of benzene rings is 1. The van der Waals surface area contributed by atoms with Gasteiger partial charge in [-0.2, -0.15) is 0 Å². The molecular formula is C13H13NO. The Kier molecular flexibility index (Phi) is 2.42. The molecule has 0 unspecified atom stereocenters. The zero-order valence-electron chi connectivity index (χ0n) is 8.87. The number of carbonyl (C=O) groups excluding carboxylic acids is 1. The fourth-order valence-electron chi connectivity index (χ4n) is 1.78. The summed E-state index contributed by atoms with van der Waals surface area (Å²) in [7, 11) is 0. The SMILES string of the molecule is Cc1cccc(C)c1C(=O)c1cc[nH]c1. The third-order valence-corrected chi connectivity index (χ3v) is 2.57. The van der Waals surface area contributed by atoms with Crippen molar-refractivity contribution in [2.45, 2.75) is 13.8 Å². The third kappa shape index (κ3) is 1.71. The van der Waals surface area contributed by atoms with Gasteiger partial charge in [0.15, 0.2) is 5.78 Å². The summed E-state index contributed by atoms with van der Waals surface area (Å²) >= 11 is 0. The Labute approximate surface area is 89.0 Å². The lowest BCUT2D eigenvalue weighted by Gasteiger charge is -2.06. The van der Waals surface area contributed by atoms with E-state index in [1.165, 1.54) is 0 Å². The molecule has 0 bridgehead atoms. The third-order valence-electron chi connectivity index (χ3n) is 2.57. The summed E-state index contributed by atoms with van der Waals surface area (Å²) in [6, 6.07) is 7.70. The highest BCUT2D eigenvalue weighted by molar-refractivity contribution is 6.10. The number of nitrogens with one attached hydrogen (secondary N) is 1. The molecule has 0 aliphatic carbocycles. The molecule has 1 aromatic carbocycles. The molecular weight excluding hydrogens is 186 g/mol. The van der Waals surface area contributed by atoms with E-state index in [4.69, 9.17) is 0 Å². The maximum atomic E-state index is 12.1. The van der Waals surface area contributed by atoms with Gasteiger partial charge in [0.05, 0.1) is 0 Å². The number of rotatable bonds is 2. The van der Waals surface area contributed by atoms with Crippen LogP contribution in [-0.4, -0.2) is 10.8 Å². The molecule has 1 aromatic heterocycles. The van der Waals surface area contributed by atoms with Gasteiger partial charge in [0, 0.05) is 23.5 Å². The minimum absolute atomic E-state index is 0.0897. The van der Waals surface area contributed by atoms with E-state index in [-0.39, 0.29) is 5.78 Å². The van der Waals surface area contributed by atoms with Gasteiger partial charge in [0.25, 0.3) is 0 Å². The van der Waals surface area contributed by atoms with E-state index in [1.54, 1.807) is 18.5 Å². The Hall–Kier alpha value is -1.83. The average molecular weight is 199 g/mol. The highest BCUT2D eigenvalue weighted by Gasteiger charge is 2.13. The minimum atomic E-state index is 0.0897. The molecule has 1 N–H and O–H groups in total. The van der Waals surface area contributed by atoms with Crippen LogP contribution in [0, 0.1) is 13.8 Å². The summed E-state index contributed by atoms with van der Waals surface area (Å²) in [6.07, 6.45) is 3.50. The molecule has 2 nitrogen and oxygen atoms in total. The fourth-order valence-corrected chi connectivity index (χ4v) is 1.78. The number of hydrogen-bond acceptors (Lipinski definition) is 1. The monoisotopic (exact) mass is 199 g/mol. The van der Waals surface area contributed by atoms with Crippen LogP contribution in [-0.2, 0) is 0 Å². The number of aryl methyl sites for hydroxylation is 2. The van der Waals surface area contributed by atoms with E-state index in [0.29, 0.717) is 5.56 Å². The Morgan fingerprint density at radius 1 is 1.13 bits per heavy atom. The van der Waals surface area contributed by atoms with Gasteiger partial charge in [-0.25, -0.2) is 0 Å². The number of ketones is 1. The molecule has 0 saturated heterocycles. The van der Waals surface area contributed by atoms with Crippen LogP contribution in [0.15, 0.2) is 36.7 Å². The maximum Gasteiger partial charge on any atom is 0.195 e. The summed E-state index contributed by atoms with van der Waals surface area (Å²) in [5.41, 5.74) is 3.59. The van der Waals surface area contributed by atoms with E-state index in [9.17, 15) is 4.79 Å². The first-order chi connectivity index (χ1) is 7.20. The van der Waals surface area contributed by atoms with E-state index >= 15 is 0 Å². The first-order valence-corrected chi connectivity index (χ1v) is 4.94. The van der Waals surface area contributed by atoms with E-state index in [0.717, 1.165) is 16.7 Å². The lowest BCUT2D eigenvalue weighted by Crippen LogP contribution is -2.04.